The Morgan fingerprint density at radius 2 is 1.69 bits per heavy atom. The summed E-state index contributed by atoms with van der Waals surface area (Å²) in [5.41, 5.74) is 3.58. The number of rotatable bonds is 5. The first-order valence-corrected chi connectivity index (χ1v) is 10.8. The number of carbonyl (C=O) groups excluding carboxylic acids is 1. The van der Waals surface area contributed by atoms with Gasteiger partial charge in [0.2, 0.25) is 10.0 Å². The summed E-state index contributed by atoms with van der Waals surface area (Å²) in [6.07, 6.45) is 0. The molecule has 2 aromatic carbocycles. The molecule has 1 aromatic heterocycles. The van der Waals surface area contributed by atoms with Gasteiger partial charge in [-0.05, 0) is 70.2 Å². The maximum absolute atomic E-state index is 12.8. The molecule has 0 aliphatic carbocycles. The molecule has 1 heterocycles. The Labute approximate surface area is 171 Å². The number of amides is 1. The molecule has 29 heavy (non-hydrogen) atoms. The predicted octanol–water partition coefficient (Wildman–Crippen LogP) is 4.13. The third-order valence-electron chi connectivity index (χ3n) is 4.92. The first-order chi connectivity index (χ1) is 13.6. The van der Waals surface area contributed by atoms with Gasteiger partial charge in [-0.1, -0.05) is 11.6 Å². The van der Waals surface area contributed by atoms with E-state index in [9.17, 15) is 13.2 Å². The Hall–Kier alpha value is -2.77. The molecule has 0 atom stereocenters. The summed E-state index contributed by atoms with van der Waals surface area (Å²) < 4.78 is 26.4. The van der Waals surface area contributed by atoms with Gasteiger partial charge >= 0.3 is 0 Å². The smallest absolute Gasteiger partial charge is 0.257 e. The highest BCUT2D eigenvalue weighted by molar-refractivity contribution is 7.89. The molecule has 0 unspecified atom stereocenters. The lowest BCUT2D eigenvalue weighted by molar-refractivity contribution is 0.102. The van der Waals surface area contributed by atoms with E-state index in [1.807, 2.05) is 45.0 Å². The van der Waals surface area contributed by atoms with E-state index in [2.05, 4.69) is 10.3 Å². The van der Waals surface area contributed by atoms with Gasteiger partial charge < -0.3 is 5.32 Å². The van der Waals surface area contributed by atoms with E-state index in [1.165, 1.54) is 16.4 Å². The van der Waals surface area contributed by atoms with Crippen LogP contribution in [0.25, 0.3) is 10.9 Å². The second-order valence-electron chi connectivity index (χ2n) is 7.41. The van der Waals surface area contributed by atoms with Crippen molar-refractivity contribution < 1.29 is 13.2 Å². The molecule has 6 nitrogen and oxygen atoms in total. The Morgan fingerprint density at radius 3 is 2.31 bits per heavy atom. The number of hydrogen-bond donors (Lipinski definition) is 1. The Bertz CT molecular complexity index is 1170. The molecular formula is C22H25N3O3S. The number of anilines is 1. The van der Waals surface area contributed by atoms with Crippen molar-refractivity contribution in [3.63, 3.8) is 0 Å². The minimum absolute atomic E-state index is 0.147. The van der Waals surface area contributed by atoms with Crippen LogP contribution in [0.5, 0.6) is 0 Å². The van der Waals surface area contributed by atoms with E-state index >= 15 is 0 Å². The summed E-state index contributed by atoms with van der Waals surface area (Å²) in [5.74, 6) is -0.284. The molecule has 0 aliphatic heterocycles. The lowest BCUT2D eigenvalue weighted by Crippen LogP contribution is -2.33. The van der Waals surface area contributed by atoms with Crippen molar-refractivity contribution >= 4 is 32.5 Å². The minimum Gasteiger partial charge on any atom is -0.322 e. The van der Waals surface area contributed by atoms with Crippen LogP contribution in [0.4, 0.5) is 5.69 Å². The summed E-state index contributed by atoms with van der Waals surface area (Å²) >= 11 is 0. The maximum atomic E-state index is 12.8. The van der Waals surface area contributed by atoms with Crippen LogP contribution in [0.1, 0.15) is 35.5 Å². The summed E-state index contributed by atoms with van der Waals surface area (Å²) in [5, 5.41) is 3.72. The second-order valence-corrected chi connectivity index (χ2v) is 9.41. The highest BCUT2D eigenvalue weighted by Gasteiger charge is 2.23. The number of nitrogens with one attached hydrogen (secondary N) is 1. The van der Waals surface area contributed by atoms with E-state index in [-0.39, 0.29) is 16.8 Å². The van der Waals surface area contributed by atoms with Gasteiger partial charge in [-0.25, -0.2) is 8.42 Å². The summed E-state index contributed by atoms with van der Waals surface area (Å²) in [6, 6.07) is 13.8. The molecule has 0 aliphatic rings. The Balaban J connectivity index is 1.84. The molecular weight excluding hydrogens is 386 g/mol. The summed E-state index contributed by atoms with van der Waals surface area (Å²) in [7, 11) is -2.01. The number of aryl methyl sites for hydroxylation is 2. The Morgan fingerprint density at radius 1 is 1.03 bits per heavy atom. The van der Waals surface area contributed by atoms with Crippen LogP contribution in [0.3, 0.4) is 0 Å². The van der Waals surface area contributed by atoms with Crippen molar-refractivity contribution in [2.24, 2.45) is 0 Å². The zero-order valence-electron chi connectivity index (χ0n) is 17.2. The van der Waals surface area contributed by atoms with Crippen molar-refractivity contribution in [2.45, 2.75) is 38.6 Å². The number of aromatic nitrogens is 1. The number of hydrogen-bond acceptors (Lipinski definition) is 4. The molecule has 3 rings (SSSR count). The van der Waals surface area contributed by atoms with E-state index in [0.29, 0.717) is 16.9 Å². The minimum atomic E-state index is -3.56. The number of carbonyl (C=O) groups is 1. The van der Waals surface area contributed by atoms with Crippen LogP contribution in [0.15, 0.2) is 53.4 Å². The molecule has 0 saturated heterocycles. The van der Waals surface area contributed by atoms with Crippen LogP contribution in [0, 0.1) is 13.8 Å². The first-order valence-electron chi connectivity index (χ1n) is 9.37. The van der Waals surface area contributed by atoms with Crippen LogP contribution < -0.4 is 5.32 Å². The van der Waals surface area contributed by atoms with E-state index in [4.69, 9.17) is 0 Å². The van der Waals surface area contributed by atoms with E-state index in [1.54, 1.807) is 26.1 Å². The number of nitrogens with zero attached hydrogens (tertiary/aromatic N) is 2. The van der Waals surface area contributed by atoms with Gasteiger partial charge in [-0.3, -0.25) is 9.78 Å². The lowest BCUT2D eigenvalue weighted by Gasteiger charge is -2.21. The zero-order chi connectivity index (χ0) is 21.3. The molecule has 0 fully saturated rings. The Kier molecular flexibility index (Phi) is 5.73. The monoisotopic (exact) mass is 411 g/mol. The average Bonchev–Trinajstić information content (AvgIpc) is 2.67. The highest BCUT2D eigenvalue weighted by atomic mass is 32.2. The molecule has 3 aromatic rings. The number of sulfonamides is 1. The van der Waals surface area contributed by atoms with E-state index < -0.39 is 10.0 Å². The van der Waals surface area contributed by atoms with E-state index in [0.717, 1.165) is 16.5 Å². The molecule has 0 spiro atoms. The van der Waals surface area contributed by atoms with Crippen molar-refractivity contribution in [1.82, 2.24) is 9.29 Å². The quantitative estimate of drug-likeness (QED) is 0.685. The fraction of sp³-hybridized carbons (Fsp3) is 0.273. The molecule has 1 N–H and O–H groups in total. The second kappa shape index (κ2) is 7.93. The van der Waals surface area contributed by atoms with Crippen molar-refractivity contribution in [3.05, 3.63) is 65.4 Å². The predicted molar refractivity (Wildman–Crippen MR) is 116 cm³/mol. The van der Waals surface area contributed by atoms with Gasteiger partial charge in [0, 0.05) is 24.2 Å². The molecule has 0 radical (unpaired) electrons. The molecule has 1 amide bonds. The lowest BCUT2D eigenvalue weighted by atomic mass is 10.1. The topological polar surface area (TPSA) is 79.4 Å². The summed E-state index contributed by atoms with van der Waals surface area (Å²) in [6.45, 7) is 7.41. The van der Waals surface area contributed by atoms with Gasteiger partial charge in [-0.15, -0.1) is 0 Å². The van der Waals surface area contributed by atoms with Crippen LogP contribution in [0.2, 0.25) is 0 Å². The largest absolute Gasteiger partial charge is 0.322 e. The van der Waals surface area contributed by atoms with Crippen LogP contribution in [-0.4, -0.2) is 36.7 Å². The standard InChI is InChI=1S/C22H25N3O3S/c1-14(2)25(5)29(27,28)19-9-7-18(8-10-19)24-22(26)20-13-17-12-15(3)6-11-21(17)23-16(20)4/h6-14H,1-5H3,(H,24,26). The number of pyridine rings is 1. The van der Waals surface area contributed by atoms with Crippen molar-refractivity contribution in [1.29, 1.82) is 0 Å². The van der Waals surface area contributed by atoms with Gasteiger partial charge in [0.15, 0.2) is 0 Å². The molecule has 152 valence electrons. The van der Waals surface area contributed by atoms with Crippen LogP contribution in [-0.2, 0) is 10.0 Å². The third-order valence-corrected chi connectivity index (χ3v) is 6.97. The normalized spacial score (nSPS) is 12.0. The number of fused-ring (bicyclic) bond motifs is 1. The third kappa shape index (κ3) is 4.31. The molecule has 0 saturated carbocycles. The summed E-state index contributed by atoms with van der Waals surface area (Å²) in [4.78, 5) is 17.5. The highest BCUT2D eigenvalue weighted by Crippen LogP contribution is 2.21. The maximum Gasteiger partial charge on any atom is 0.257 e. The SMILES string of the molecule is Cc1ccc2nc(C)c(C(=O)Nc3ccc(S(=O)(=O)N(C)C(C)C)cc3)cc2c1. The van der Waals surface area contributed by atoms with Crippen molar-refractivity contribution in [3.8, 4) is 0 Å². The first kappa shape index (κ1) is 21.0. The average molecular weight is 412 g/mol. The van der Waals surface area contributed by atoms with Gasteiger partial charge in [0.1, 0.15) is 0 Å². The fourth-order valence-corrected chi connectivity index (χ4v) is 4.34. The van der Waals surface area contributed by atoms with Crippen molar-refractivity contribution in [2.75, 3.05) is 12.4 Å². The number of benzene rings is 2. The zero-order valence-corrected chi connectivity index (χ0v) is 18.0. The van der Waals surface area contributed by atoms with Gasteiger partial charge in [0.05, 0.1) is 21.7 Å². The van der Waals surface area contributed by atoms with Gasteiger partial charge in [0.25, 0.3) is 5.91 Å². The van der Waals surface area contributed by atoms with Gasteiger partial charge in [-0.2, -0.15) is 4.31 Å². The fourth-order valence-electron chi connectivity index (χ4n) is 2.97. The molecule has 0 bridgehead atoms. The molecule has 7 heteroatoms. The van der Waals surface area contributed by atoms with Crippen LogP contribution >= 0.6 is 0 Å².